The highest BCUT2D eigenvalue weighted by molar-refractivity contribution is 6.21. The summed E-state index contributed by atoms with van der Waals surface area (Å²) < 4.78 is 0. The number of rotatable bonds is 1. The standard InChI is InChI=1S/C12H13NO2/c1-8(14)12(2)9-6-4-5-7-10(9)13(3)11(12)15/h4-7H,1-3H3. The highest BCUT2D eigenvalue weighted by atomic mass is 16.2. The van der Waals surface area contributed by atoms with Crippen molar-refractivity contribution in [3.05, 3.63) is 29.8 Å². The summed E-state index contributed by atoms with van der Waals surface area (Å²) in [7, 11) is 1.70. The predicted molar refractivity (Wildman–Crippen MR) is 57.9 cm³/mol. The molecule has 1 aromatic carbocycles. The Morgan fingerprint density at radius 2 is 1.93 bits per heavy atom. The molecule has 78 valence electrons. The molecule has 1 unspecified atom stereocenters. The Labute approximate surface area is 88.7 Å². The van der Waals surface area contributed by atoms with E-state index in [1.54, 1.807) is 18.9 Å². The Morgan fingerprint density at radius 3 is 2.53 bits per heavy atom. The van der Waals surface area contributed by atoms with Gasteiger partial charge in [0.05, 0.1) is 0 Å². The van der Waals surface area contributed by atoms with E-state index in [2.05, 4.69) is 0 Å². The molecule has 3 nitrogen and oxygen atoms in total. The van der Waals surface area contributed by atoms with E-state index < -0.39 is 5.41 Å². The number of amides is 1. The van der Waals surface area contributed by atoms with Crippen LogP contribution in [0, 0.1) is 0 Å². The van der Waals surface area contributed by atoms with Gasteiger partial charge in [-0.15, -0.1) is 0 Å². The summed E-state index contributed by atoms with van der Waals surface area (Å²) in [5.41, 5.74) is 0.649. The molecule has 0 aromatic heterocycles. The quantitative estimate of drug-likeness (QED) is 0.649. The smallest absolute Gasteiger partial charge is 0.244 e. The van der Waals surface area contributed by atoms with Crippen LogP contribution in [0.25, 0.3) is 0 Å². The molecule has 1 aliphatic rings. The molecule has 0 spiro atoms. The van der Waals surface area contributed by atoms with Gasteiger partial charge in [-0.25, -0.2) is 0 Å². The van der Waals surface area contributed by atoms with Crippen LogP contribution in [0.4, 0.5) is 5.69 Å². The van der Waals surface area contributed by atoms with E-state index in [0.717, 1.165) is 11.3 Å². The number of carbonyl (C=O) groups excluding carboxylic acids is 2. The van der Waals surface area contributed by atoms with Gasteiger partial charge < -0.3 is 4.90 Å². The van der Waals surface area contributed by atoms with Gasteiger partial charge in [0.1, 0.15) is 11.2 Å². The van der Waals surface area contributed by atoms with E-state index in [0.29, 0.717) is 0 Å². The molecule has 0 saturated heterocycles. The number of nitrogens with zero attached hydrogens (tertiary/aromatic N) is 1. The van der Waals surface area contributed by atoms with E-state index in [9.17, 15) is 9.59 Å². The van der Waals surface area contributed by atoms with Gasteiger partial charge in [0, 0.05) is 12.7 Å². The van der Waals surface area contributed by atoms with Gasteiger partial charge in [0.2, 0.25) is 5.91 Å². The van der Waals surface area contributed by atoms with Crippen LogP contribution < -0.4 is 4.90 Å². The number of hydrogen-bond donors (Lipinski definition) is 0. The maximum absolute atomic E-state index is 12.0. The van der Waals surface area contributed by atoms with Gasteiger partial charge in [-0.2, -0.15) is 0 Å². The summed E-state index contributed by atoms with van der Waals surface area (Å²) in [6, 6.07) is 7.43. The van der Waals surface area contributed by atoms with Crippen molar-refractivity contribution in [2.45, 2.75) is 19.3 Å². The number of para-hydroxylation sites is 1. The second-order valence-corrected chi connectivity index (χ2v) is 4.06. The first-order valence-electron chi connectivity index (χ1n) is 4.88. The molecule has 0 radical (unpaired) electrons. The van der Waals surface area contributed by atoms with E-state index in [1.807, 2.05) is 24.3 Å². The number of hydrogen-bond acceptors (Lipinski definition) is 2. The Morgan fingerprint density at radius 1 is 1.33 bits per heavy atom. The first kappa shape index (κ1) is 9.90. The van der Waals surface area contributed by atoms with Crippen LogP contribution in [0.1, 0.15) is 19.4 Å². The maximum atomic E-state index is 12.0. The summed E-state index contributed by atoms with van der Waals surface area (Å²) >= 11 is 0. The molecule has 1 heterocycles. The van der Waals surface area contributed by atoms with Crippen molar-refractivity contribution < 1.29 is 9.59 Å². The molecule has 0 fully saturated rings. The second-order valence-electron chi connectivity index (χ2n) is 4.06. The van der Waals surface area contributed by atoms with E-state index in [4.69, 9.17) is 0 Å². The molecule has 1 aliphatic heterocycles. The minimum atomic E-state index is -0.995. The summed E-state index contributed by atoms with van der Waals surface area (Å²) in [5.74, 6) is -0.250. The molecule has 1 amide bonds. The molecule has 1 aromatic rings. The molecule has 0 bridgehead atoms. The lowest BCUT2D eigenvalue weighted by molar-refractivity contribution is -0.132. The van der Waals surface area contributed by atoms with Crippen molar-refractivity contribution in [3.63, 3.8) is 0 Å². The number of ketones is 1. The summed E-state index contributed by atoms with van der Waals surface area (Å²) in [4.78, 5) is 25.2. The number of fused-ring (bicyclic) bond motifs is 1. The van der Waals surface area contributed by atoms with Gasteiger partial charge in [-0.3, -0.25) is 9.59 Å². The first-order valence-corrected chi connectivity index (χ1v) is 4.88. The molecule has 0 N–H and O–H groups in total. The number of carbonyl (C=O) groups is 2. The summed E-state index contributed by atoms with van der Waals surface area (Å²) in [5, 5.41) is 0. The Hall–Kier alpha value is -1.64. The van der Waals surface area contributed by atoms with Gasteiger partial charge in [-0.05, 0) is 25.5 Å². The molecule has 15 heavy (non-hydrogen) atoms. The van der Waals surface area contributed by atoms with E-state index >= 15 is 0 Å². The third-order valence-corrected chi connectivity index (χ3v) is 3.24. The zero-order valence-electron chi connectivity index (χ0n) is 9.07. The summed E-state index contributed by atoms with van der Waals surface area (Å²) in [6.45, 7) is 3.16. The number of anilines is 1. The van der Waals surface area contributed by atoms with Crippen LogP contribution in [-0.2, 0) is 15.0 Å². The third kappa shape index (κ3) is 1.06. The Bertz CT molecular complexity index is 453. The van der Waals surface area contributed by atoms with Crippen molar-refractivity contribution in [2.75, 3.05) is 11.9 Å². The van der Waals surface area contributed by atoms with Crippen LogP contribution >= 0.6 is 0 Å². The zero-order valence-corrected chi connectivity index (χ0v) is 9.07. The van der Waals surface area contributed by atoms with Crippen LogP contribution in [0.3, 0.4) is 0 Å². The van der Waals surface area contributed by atoms with Crippen molar-refractivity contribution in [3.8, 4) is 0 Å². The minimum absolute atomic E-state index is 0.107. The highest BCUT2D eigenvalue weighted by Crippen LogP contribution is 2.41. The first-order chi connectivity index (χ1) is 6.99. The predicted octanol–water partition coefficient (Wildman–Crippen LogP) is 1.51. The van der Waals surface area contributed by atoms with Gasteiger partial charge in [0.15, 0.2) is 0 Å². The lowest BCUT2D eigenvalue weighted by Gasteiger charge is -2.19. The topological polar surface area (TPSA) is 37.4 Å². The molecule has 3 heteroatoms. The fourth-order valence-electron chi connectivity index (χ4n) is 2.09. The normalized spacial score (nSPS) is 24.2. The van der Waals surface area contributed by atoms with Crippen LogP contribution in [0.15, 0.2) is 24.3 Å². The molecule has 2 rings (SSSR count). The van der Waals surface area contributed by atoms with Crippen LogP contribution in [0.2, 0.25) is 0 Å². The monoisotopic (exact) mass is 203 g/mol. The number of Topliss-reactive ketones (excluding diaryl/α,β-unsaturated/α-hetero) is 1. The van der Waals surface area contributed by atoms with Crippen molar-refractivity contribution >= 4 is 17.4 Å². The molecular weight excluding hydrogens is 190 g/mol. The van der Waals surface area contributed by atoms with Crippen molar-refractivity contribution in [2.24, 2.45) is 0 Å². The molecule has 0 saturated carbocycles. The van der Waals surface area contributed by atoms with E-state index in [-0.39, 0.29) is 11.7 Å². The molecule has 0 aliphatic carbocycles. The van der Waals surface area contributed by atoms with Crippen molar-refractivity contribution in [1.29, 1.82) is 0 Å². The minimum Gasteiger partial charge on any atom is -0.314 e. The summed E-state index contributed by atoms with van der Waals surface area (Å²) in [6.07, 6.45) is 0. The van der Waals surface area contributed by atoms with E-state index in [1.165, 1.54) is 6.92 Å². The second kappa shape index (κ2) is 2.92. The largest absolute Gasteiger partial charge is 0.314 e. The van der Waals surface area contributed by atoms with Gasteiger partial charge >= 0.3 is 0 Å². The number of likely N-dealkylation sites (N-methyl/N-ethyl adjacent to an activating group) is 1. The fraction of sp³-hybridized carbons (Fsp3) is 0.333. The highest BCUT2D eigenvalue weighted by Gasteiger charge is 2.49. The Balaban J connectivity index is 2.71. The van der Waals surface area contributed by atoms with Crippen LogP contribution in [-0.4, -0.2) is 18.7 Å². The maximum Gasteiger partial charge on any atom is 0.244 e. The Kier molecular flexibility index (Phi) is 1.93. The average Bonchev–Trinajstić information content (AvgIpc) is 2.43. The fourth-order valence-corrected chi connectivity index (χ4v) is 2.09. The third-order valence-electron chi connectivity index (χ3n) is 3.24. The lowest BCUT2D eigenvalue weighted by Crippen LogP contribution is -2.41. The molecule has 1 atom stereocenters. The lowest BCUT2D eigenvalue weighted by atomic mass is 9.80. The molecular formula is C12H13NO2. The van der Waals surface area contributed by atoms with Crippen LogP contribution in [0.5, 0.6) is 0 Å². The zero-order chi connectivity index (χ0) is 11.2. The number of benzene rings is 1. The average molecular weight is 203 g/mol. The van der Waals surface area contributed by atoms with Crippen molar-refractivity contribution in [1.82, 2.24) is 0 Å². The van der Waals surface area contributed by atoms with Gasteiger partial charge in [-0.1, -0.05) is 18.2 Å². The SMILES string of the molecule is CC(=O)C1(C)C(=O)N(C)c2ccccc21. The van der Waals surface area contributed by atoms with Gasteiger partial charge in [0.25, 0.3) is 0 Å².